The number of carbonyl (C=O) groups is 2. The molecule has 1 N–H and O–H groups in total. The number of fused-ring (bicyclic) bond motifs is 1. The Hall–Kier alpha value is -4.73. The third kappa shape index (κ3) is 5.77. The first kappa shape index (κ1) is 26.5. The first-order valence-electron chi connectivity index (χ1n) is 14.1. The van der Waals surface area contributed by atoms with E-state index in [9.17, 15) is 9.59 Å². The van der Waals surface area contributed by atoms with Crippen LogP contribution in [-0.2, 0) is 4.74 Å². The number of nitrogens with zero attached hydrogens (tertiary/aromatic N) is 6. The zero-order chi connectivity index (χ0) is 28.2. The van der Waals surface area contributed by atoms with Gasteiger partial charge in [0.15, 0.2) is 5.65 Å². The molecule has 4 aromatic rings. The molecule has 2 amide bonds. The molecular formula is C31H33N7O3. The second-order valence-corrected chi connectivity index (χ2v) is 10.3. The highest BCUT2D eigenvalue weighted by Crippen LogP contribution is 2.28. The Balaban J connectivity index is 1.13. The summed E-state index contributed by atoms with van der Waals surface area (Å²) in [5.41, 5.74) is 5.36. The van der Waals surface area contributed by atoms with Crippen molar-refractivity contribution < 1.29 is 14.3 Å². The molecule has 1 unspecified atom stereocenters. The Morgan fingerprint density at radius 2 is 1.93 bits per heavy atom. The van der Waals surface area contributed by atoms with Crippen LogP contribution in [0.15, 0.2) is 73.1 Å². The van der Waals surface area contributed by atoms with E-state index < -0.39 is 0 Å². The maximum absolute atomic E-state index is 13.3. The number of pyridine rings is 2. The average Bonchev–Trinajstić information content (AvgIpc) is 3.44. The molecule has 210 valence electrons. The van der Waals surface area contributed by atoms with E-state index in [-0.39, 0.29) is 17.9 Å². The van der Waals surface area contributed by atoms with Gasteiger partial charge in [-0.3, -0.25) is 9.78 Å². The van der Waals surface area contributed by atoms with Crippen LogP contribution in [0.1, 0.15) is 53.7 Å². The lowest BCUT2D eigenvalue weighted by molar-refractivity contribution is 0.0706. The van der Waals surface area contributed by atoms with Gasteiger partial charge in [0.05, 0.1) is 6.61 Å². The van der Waals surface area contributed by atoms with Gasteiger partial charge < -0.3 is 19.9 Å². The summed E-state index contributed by atoms with van der Waals surface area (Å²) in [7, 11) is 0. The molecule has 0 radical (unpaired) electrons. The van der Waals surface area contributed by atoms with Gasteiger partial charge in [0.2, 0.25) is 5.95 Å². The van der Waals surface area contributed by atoms with E-state index in [1.807, 2.05) is 84.9 Å². The summed E-state index contributed by atoms with van der Waals surface area (Å²) in [6.45, 7) is 4.71. The van der Waals surface area contributed by atoms with Gasteiger partial charge in [0.25, 0.3) is 5.91 Å². The van der Waals surface area contributed by atoms with Crippen molar-refractivity contribution in [2.45, 2.75) is 32.1 Å². The molecule has 10 heteroatoms. The van der Waals surface area contributed by atoms with Gasteiger partial charge in [0.1, 0.15) is 0 Å². The molecule has 41 heavy (non-hydrogen) atoms. The fourth-order valence-corrected chi connectivity index (χ4v) is 5.53. The lowest BCUT2D eigenvalue weighted by Gasteiger charge is -2.32. The topological polar surface area (TPSA) is 105 Å². The number of likely N-dealkylation sites (tertiary alicyclic amines) is 1. The monoisotopic (exact) mass is 551 g/mol. The fourth-order valence-electron chi connectivity index (χ4n) is 5.53. The molecule has 3 aromatic heterocycles. The van der Waals surface area contributed by atoms with Crippen LogP contribution in [0.3, 0.4) is 0 Å². The molecule has 10 nitrogen and oxygen atoms in total. The Bertz CT molecular complexity index is 1570. The molecule has 0 saturated carbocycles. The van der Waals surface area contributed by atoms with Crippen LogP contribution < -0.4 is 5.32 Å². The minimum Gasteiger partial charge on any atom is -0.450 e. The van der Waals surface area contributed by atoms with Crippen molar-refractivity contribution in [3.05, 3.63) is 89.9 Å². The first-order valence-corrected chi connectivity index (χ1v) is 14.1. The number of ether oxygens (including phenoxy) is 1. The maximum Gasteiger partial charge on any atom is 0.410 e. The van der Waals surface area contributed by atoms with Gasteiger partial charge in [-0.25, -0.2) is 9.31 Å². The zero-order valence-corrected chi connectivity index (χ0v) is 23.1. The van der Waals surface area contributed by atoms with Gasteiger partial charge >= 0.3 is 6.09 Å². The highest BCUT2D eigenvalue weighted by atomic mass is 16.6. The van der Waals surface area contributed by atoms with E-state index >= 15 is 0 Å². The van der Waals surface area contributed by atoms with Crippen LogP contribution in [0.25, 0.3) is 11.2 Å². The van der Waals surface area contributed by atoms with Crippen LogP contribution >= 0.6 is 0 Å². The van der Waals surface area contributed by atoms with Crippen molar-refractivity contribution in [1.82, 2.24) is 29.4 Å². The lowest BCUT2D eigenvalue weighted by atomic mass is 9.94. The molecule has 1 saturated heterocycles. The van der Waals surface area contributed by atoms with Gasteiger partial charge in [-0.05, 0) is 80.3 Å². The summed E-state index contributed by atoms with van der Waals surface area (Å²) in [6, 6.07) is 17.4. The summed E-state index contributed by atoms with van der Waals surface area (Å²) < 4.78 is 6.88. The number of carbonyl (C=O) groups excluding carboxylic acids is 2. The van der Waals surface area contributed by atoms with Gasteiger partial charge in [-0.2, -0.15) is 4.98 Å². The number of benzene rings is 1. The Labute approximate surface area is 238 Å². The normalized spacial score (nSPS) is 17.3. The molecule has 2 aliphatic heterocycles. The second-order valence-electron chi connectivity index (χ2n) is 10.3. The zero-order valence-electron chi connectivity index (χ0n) is 23.1. The van der Waals surface area contributed by atoms with Crippen molar-refractivity contribution >= 4 is 34.9 Å². The van der Waals surface area contributed by atoms with Crippen LogP contribution in [0, 0.1) is 0 Å². The predicted molar refractivity (Wildman–Crippen MR) is 156 cm³/mol. The number of aromatic nitrogens is 4. The highest BCUT2D eigenvalue weighted by molar-refractivity contribution is 5.94. The van der Waals surface area contributed by atoms with Gasteiger partial charge in [-0.1, -0.05) is 12.1 Å². The first-order chi connectivity index (χ1) is 20.1. The van der Waals surface area contributed by atoms with Gasteiger partial charge in [0, 0.05) is 67.0 Å². The third-order valence-electron chi connectivity index (χ3n) is 7.65. The average molecular weight is 552 g/mol. The molecule has 1 atom stereocenters. The van der Waals surface area contributed by atoms with E-state index in [4.69, 9.17) is 9.72 Å². The van der Waals surface area contributed by atoms with E-state index in [2.05, 4.69) is 15.4 Å². The van der Waals surface area contributed by atoms with Crippen molar-refractivity contribution in [3.8, 4) is 0 Å². The van der Waals surface area contributed by atoms with Crippen LogP contribution in [0.5, 0.6) is 0 Å². The number of piperidine rings is 1. The number of rotatable bonds is 6. The maximum atomic E-state index is 13.3. The second kappa shape index (κ2) is 11.8. The van der Waals surface area contributed by atoms with Crippen molar-refractivity contribution in [1.29, 1.82) is 0 Å². The number of nitrogens with one attached hydrogen (secondary N) is 1. The van der Waals surface area contributed by atoms with Gasteiger partial charge in [-0.15, -0.1) is 5.10 Å². The molecule has 1 aromatic carbocycles. The molecule has 0 spiro atoms. The van der Waals surface area contributed by atoms with Crippen LogP contribution in [0.2, 0.25) is 0 Å². The minimum atomic E-state index is -0.285. The summed E-state index contributed by atoms with van der Waals surface area (Å²) in [5.74, 6) is 0.770. The molecule has 0 aliphatic carbocycles. The number of hydrogen-bond acceptors (Lipinski definition) is 7. The SMILES string of the molecule is CCOC(=O)N1CC=C(c2cccn3nc(Nc4ccc(C(=O)N5CCCC(c6ccccn6)C5)cc4)nc23)CC1. The molecule has 6 rings (SSSR count). The summed E-state index contributed by atoms with van der Waals surface area (Å²) in [6.07, 6.45) is 8.17. The summed E-state index contributed by atoms with van der Waals surface area (Å²) in [4.78, 5) is 38.2. The molecule has 0 bridgehead atoms. The Kier molecular flexibility index (Phi) is 7.62. The highest BCUT2D eigenvalue weighted by Gasteiger charge is 2.26. The molecular weight excluding hydrogens is 518 g/mol. The number of hydrogen-bond donors (Lipinski definition) is 1. The quantitative estimate of drug-likeness (QED) is 0.354. The largest absolute Gasteiger partial charge is 0.450 e. The van der Waals surface area contributed by atoms with Crippen LogP contribution in [-0.4, -0.2) is 74.2 Å². The lowest BCUT2D eigenvalue weighted by Crippen LogP contribution is -2.39. The van der Waals surface area contributed by atoms with Crippen molar-refractivity contribution in [3.63, 3.8) is 0 Å². The van der Waals surface area contributed by atoms with Crippen LogP contribution in [0.4, 0.5) is 16.4 Å². The van der Waals surface area contributed by atoms with Crippen molar-refractivity contribution in [2.24, 2.45) is 0 Å². The Morgan fingerprint density at radius 3 is 2.68 bits per heavy atom. The summed E-state index contributed by atoms with van der Waals surface area (Å²) >= 11 is 0. The minimum absolute atomic E-state index is 0.0370. The van der Waals surface area contributed by atoms with E-state index in [1.165, 1.54) is 0 Å². The van der Waals surface area contributed by atoms with E-state index in [0.717, 1.165) is 47.6 Å². The Morgan fingerprint density at radius 1 is 1.05 bits per heavy atom. The predicted octanol–water partition coefficient (Wildman–Crippen LogP) is 5.13. The third-order valence-corrected chi connectivity index (χ3v) is 7.65. The molecule has 2 aliphatic rings. The van der Waals surface area contributed by atoms with E-state index in [1.54, 1.807) is 9.42 Å². The molecule has 1 fully saturated rings. The molecule has 5 heterocycles. The number of amides is 2. The smallest absolute Gasteiger partial charge is 0.410 e. The summed E-state index contributed by atoms with van der Waals surface area (Å²) in [5, 5.41) is 7.87. The van der Waals surface area contributed by atoms with Crippen molar-refractivity contribution in [2.75, 3.05) is 38.1 Å². The fraction of sp³-hybridized carbons (Fsp3) is 0.323. The number of anilines is 2. The van der Waals surface area contributed by atoms with E-state index in [0.29, 0.717) is 44.2 Å². The standard InChI is InChI=1S/C31H33N7O3/c1-2-41-31(40)36-19-14-22(15-20-36)26-8-6-18-38-28(26)34-30(35-38)33-25-12-10-23(11-13-25)29(39)37-17-5-7-24(21-37)27-9-3-4-16-32-27/h3-4,6,8-14,16,18,24H,2,5,7,15,17,19-21H2,1H3,(H,33,35).